The average Bonchev–Trinajstić information content (AvgIpc) is 1.89. The summed E-state index contributed by atoms with van der Waals surface area (Å²) in [5.74, 6) is 0.670. The Labute approximate surface area is 63.3 Å². The van der Waals surface area contributed by atoms with Gasteiger partial charge in [-0.05, 0) is 11.8 Å². The quantitative estimate of drug-likeness (QED) is 0.283. The van der Waals surface area contributed by atoms with Crippen molar-refractivity contribution in [1.82, 2.24) is 5.32 Å². The smallest absolute Gasteiger partial charge is 0.369 e. The Morgan fingerprint density at radius 2 is 2.50 bits per heavy atom. The summed E-state index contributed by atoms with van der Waals surface area (Å²) in [7, 11) is 0. The van der Waals surface area contributed by atoms with Crippen LogP contribution >= 0.6 is 11.8 Å². The van der Waals surface area contributed by atoms with Gasteiger partial charge in [-0.25, -0.2) is 4.79 Å². The van der Waals surface area contributed by atoms with E-state index in [1.54, 1.807) is 0 Å². The zero-order valence-corrected chi connectivity index (χ0v) is 6.36. The van der Waals surface area contributed by atoms with Crippen LogP contribution in [0.1, 0.15) is 6.92 Å². The van der Waals surface area contributed by atoms with Gasteiger partial charge in [0.15, 0.2) is 6.73 Å². The predicted octanol–water partition coefficient (Wildman–Crippen LogP) is 0.490. The summed E-state index contributed by atoms with van der Waals surface area (Å²) in [5, 5.41) is 1.69. The van der Waals surface area contributed by atoms with Gasteiger partial charge in [-0.1, -0.05) is 6.92 Å². The van der Waals surface area contributed by atoms with Gasteiger partial charge in [0.05, 0.1) is 0 Å². The second-order valence-electron chi connectivity index (χ2n) is 1.25. The molecule has 1 amide bonds. The minimum Gasteiger partial charge on any atom is -0.436 e. The van der Waals surface area contributed by atoms with Gasteiger partial charge in [-0.15, -0.1) is 0 Å². The van der Waals surface area contributed by atoms with Crippen molar-refractivity contribution in [1.29, 1.82) is 0 Å². The molecule has 0 aliphatic rings. The molecule has 0 spiro atoms. The highest BCUT2D eigenvalue weighted by Crippen LogP contribution is 2.02. The Bertz CT molecular complexity index is 117. The lowest BCUT2D eigenvalue weighted by Gasteiger charge is -1.99. The molecule has 0 fully saturated rings. The number of ether oxygens (including phenoxy) is 1. The second-order valence-corrected chi connectivity index (χ2v) is 2.45. The van der Waals surface area contributed by atoms with Crippen LogP contribution in [-0.4, -0.2) is 24.2 Å². The molecule has 1 N–H and O–H groups in total. The van der Waals surface area contributed by atoms with E-state index >= 15 is 0 Å². The first-order valence-electron chi connectivity index (χ1n) is 2.70. The van der Waals surface area contributed by atoms with Crippen molar-refractivity contribution in [2.45, 2.75) is 6.92 Å². The summed E-state index contributed by atoms with van der Waals surface area (Å²) in [6, 6.07) is 0. The minimum atomic E-state index is -0.384. The number of carbonyl (C=O) groups excluding carboxylic acids is 2. The van der Waals surface area contributed by atoms with E-state index in [4.69, 9.17) is 0 Å². The third-order valence-electron chi connectivity index (χ3n) is 0.597. The number of rotatable bonds is 4. The van der Waals surface area contributed by atoms with Gasteiger partial charge < -0.3 is 10.1 Å². The van der Waals surface area contributed by atoms with Crippen LogP contribution in [0.5, 0.6) is 0 Å². The van der Waals surface area contributed by atoms with Crippen molar-refractivity contribution in [2.24, 2.45) is 0 Å². The molecule has 0 saturated carbocycles. The lowest BCUT2D eigenvalue weighted by molar-refractivity contribution is 0.172. The second kappa shape index (κ2) is 6.41. The number of amides is 1. The van der Waals surface area contributed by atoms with Gasteiger partial charge in [0.1, 0.15) is 0 Å². The van der Waals surface area contributed by atoms with Crippen LogP contribution in [0.15, 0.2) is 0 Å². The highest BCUT2D eigenvalue weighted by atomic mass is 32.2. The lowest BCUT2D eigenvalue weighted by Crippen LogP contribution is -2.16. The van der Waals surface area contributed by atoms with Crippen LogP contribution in [0.2, 0.25) is 0 Å². The summed E-state index contributed by atoms with van der Waals surface area (Å²) in [4.78, 5) is 20.0. The molecule has 0 unspecified atom stereocenters. The summed E-state index contributed by atoms with van der Waals surface area (Å²) < 4.78 is 4.47. The third kappa shape index (κ3) is 5.43. The predicted molar refractivity (Wildman–Crippen MR) is 38.3 cm³/mol. The molecule has 0 atom stereocenters. The minimum absolute atomic E-state index is 0.102. The van der Waals surface area contributed by atoms with E-state index in [0.29, 0.717) is 5.75 Å². The van der Waals surface area contributed by atoms with E-state index in [0.717, 1.165) is 11.8 Å². The highest BCUT2D eigenvalue weighted by molar-refractivity contribution is 8.13. The van der Waals surface area contributed by atoms with E-state index in [-0.39, 0.29) is 12.0 Å². The molecule has 0 saturated heterocycles. The maximum atomic E-state index is 10.5. The van der Waals surface area contributed by atoms with Gasteiger partial charge in [0.25, 0.3) is 0 Å². The third-order valence-corrected chi connectivity index (χ3v) is 1.24. The van der Waals surface area contributed by atoms with Crippen LogP contribution in [0.3, 0.4) is 0 Å². The van der Waals surface area contributed by atoms with Crippen molar-refractivity contribution in [2.75, 3.05) is 12.5 Å². The highest BCUT2D eigenvalue weighted by Gasteiger charge is 1.98. The molecule has 57 valence electrons. The van der Waals surface area contributed by atoms with Gasteiger partial charge in [0.2, 0.25) is 0 Å². The first-order chi connectivity index (χ1) is 4.81. The molecular weight excluding hydrogens is 154 g/mol. The zero-order chi connectivity index (χ0) is 7.82. The fourth-order valence-electron chi connectivity index (χ4n) is 0.284. The van der Waals surface area contributed by atoms with Gasteiger partial charge in [-0.3, -0.25) is 4.79 Å². The fraction of sp³-hybridized carbons (Fsp3) is 0.600. The van der Waals surface area contributed by atoms with E-state index < -0.39 is 0 Å². The maximum Gasteiger partial charge on any atom is 0.369 e. The Kier molecular flexibility index (Phi) is 5.96. The standard InChI is InChI=1S/C5H8NO3S/c1-2-10-5(8)9-4-6-3-7/h2,4H2,1H3,(H,6,7). The number of thioether (sulfide) groups is 1. The molecule has 5 heteroatoms. The Balaban J connectivity index is 3.13. The van der Waals surface area contributed by atoms with Crippen LogP contribution in [-0.2, 0) is 9.53 Å². The SMILES string of the molecule is CCSC(=O)OCN[C]=O. The van der Waals surface area contributed by atoms with Crippen molar-refractivity contribution in [3.63, 3.8) is 0 Å². The zero-order valence-electron chi connectivity index (χ0n) is 5.55. The first-order valence-corrected chi connectivity index (χ1v) is 3.69. The number of hydrogen-bond acceptors (Lipinski definition) is 4. The van der Waals surface area contributed by atoms with Gasteiger partial charge in [-0.2, -0.15) is 0 Å². The number of hydrogen-bond donors (Lipinski definition) is 1. The fourth-order valence-corrected chi connectivity index (χ4v) is 0.662. The van der Waals surface area contributed by atoms with Crippen molar-refractivity contribution < 1.29 is 14.3 Å². The Hall–Kier alpha value is -0.710. The molecule has 10 heavy (non-hydrogen) atoms. The molecule has 0 bridgehead atoms. The van der Waals surface area contributed by atoms with Crippen LogP contribution in [0, 0.1) is 0 Å². The molecule has 1 radical (unpaired) electrons. The lowest BCUT2D eigenvalue weighted by atomic mass is 11.0. The Morgan fingerprint density at radius 1 is 1.80 bits per heavy atom. The molecule has 0 aliphatic heterocycles. The molecule has 0 aromatic carbocycles. The molecule has 0 rings (SSSR count). The first kappa shape index (κ1) is 9.29. The van der Waals surface area contributed by atoms with E-state index in [2.05, 4.69) is 10.1 Å². The average molecular weight is 162 g/mol. The normalized spacial score (nSPS) is 8.50. The van der Waals surface area contributed by atoms with Crippen LogP contribution in [0.25, 0.3) is 0 Å². The van der Waals surface area contributed by atoms with E-state index in [1.165, 1.54) is 6.41 Å². The molecule has 0 aromatic heterocycles. The van der Waals surface area contributed by atoms with Crippen molar-refractivity contribution in [3.05, 3.63) is 0 Å². The van der Waals surface area contributed by atoms with Gasteiger partial charge >= 0.3 is 11.7 Å². The molecule has 0 heterocycles. The molecule has 0 aliphatic carbocycles. The molecule has 4 nitrogen and oxygen atoms in total. The van der Waals surface area contributed by atoms with Crippen LogP contribution < -0.4 is 5.32 Å². The van der Waals surface area contributed by atoms with E-state index in [9.17, 15) is 9.59 Å². The summed E-state index contributed by atoms with van der Waals surface area (Å²) >= 11 is 1.05. The summed E-state index contributed by atoms with van der Waals surface area (Å²) in [5.41, 5.74) is 0. The summed E-state index contributed by atoms with van der Waals surface area (Å²) in [6.45, 7) is 1.74. The maximum absolute atomic E-state index is 10.5. The summed E-state index contributed by atoms with van der Waals surface area (Å²) in [6.07, 6.45) is 1.38. The number of nitrogens with one attached hydrogen (secondary N) is 1. The van der Waals surface area contributed by atoms with Crippen molar-refractivity contribution in [3.8, 4) is 0 Å². The Morgan fingerprint density at radius 3 is 3.00 bits per heavy atom. The van der Waals surface area contributed by atoms with E-state index in [1.807, 2.05) is 6.92 Å². The largest absolute Gasteiger partial charge is 0.436 e. The molecular formula is C5H8NO3S. The van der Waals surface area contributed by atoms with Gasteiger partial charge in [0, 0.05) is 5.75 Å². The molecule has 0 aromatic rings. The topological polar surface area (TPSA) is 55.4 Å². The van der Waals surface area contributed by atoms with Crippen molar-refractivity contribution >= 4 is 23.5 Å². The number of carbonyl (C=O) groups is 1. The van der Waals surface area contributed by atoms with Crippen LogP contribution in [0.4, 0.5) is 4.79 Å². The monoisotopic (exact) mass is 162 g/mol.